The van der Waals surface area contributed by atoms with Gasteiger partial charge in [0.25, 0.3) is 0 Å². The monoisotopic (exact) mass is 272 g/mol. The zero-order valence-electron chi connectivity index (χ0n) is 12.2. The first-order chi connectivity index (χ1) is 9.56. The van der Waals surface area contributed by atoms with Crippen LogP contribution in [0.1, 0.15) is 45.4 Å². The molecule has 2 N–H and O–H groups in total. The number of hydrogen-bond acceptors (Lipinski definition) is 2. The maximum absolute atomic E-state index is 11.4. The minimum absolute atomic E-state index is 0.0843. The van der Waals surface area contributed by atoms with Crippen molar-refractivity contribution in [3.8, 4) is 0 Å². The minimum Gasteiger partial charge on any atom is -0.390 e. The van der Waals surface area contributed by atoms with Crippen LogP contribution in [-0.4, -0.2) is 21.9 Å². The van der Waals surface area contributed by atoms with Gasteiger partial charge in [0.1, 0.15) is 5.60 Å². The lowest BCUT2D eigenvalue weighted by atomic mass is 9.53. The molecule has 5 atom stereocenters. The zero-order valence-corrected chi connectivity index (χ0v) is 12.2. The number of allylic oxidation sites excluding steroid dienone is 4. The zero-order chi connectivity index (χ0) is 14.0. The summed E-state index contributed by atoms with van der Waals surface area (Å²) in [5.41, 5.74) is 1.20. The largest absolute Gasteiger partial charge is 0.390 e. The van der Waals surface area contributed by atoms with Gasteiger partial charge in [-0.3, -0.25) is 0 Å². The topological polar surface area (TPSA) is 40.5 Å². The van der Waals surface area contributed by atoms with Crippen molar-refractivity contribution in [2.24, 2.45) is 17.3 Å². The van der Waals surface area contributed by atoms with Crippen LogP contribution in [-0.2, 0) is 0 Å². The van der Waals surface area contributed by atoms with Gasteiger partial charge in [0, 0.05) is 5.41 Å². The van der Waals surface area contributed by atoms with Gasteiger partial charge in [-0.25, -0.2) is 0 Å². The van der Waals surface area contributed by atoms with Crippen LogP contribution < -0.4 is 0 Å². The van der Waals surface area contributed by atoms with E-state index in [0.717, 1.165) is 18.4 Å². The molecule has 0 radical (unpaired) electrons. The summed E-state index contributed by atoms with van der Waals surface area (Å²) in [6.45, 7) is 2.18. The molecule has 0 aromatic heterocycles. The summed E-state index contributed by atoms with van der Waals surface area (Å²) in [6.07, 6.45) is 14.5. The quantitative estimate of drug-likeness (QED) is 0.711. The molecule has 0 heterocycles. The Morgan fingerprint density at radius 3 is 2.85 bits per heavy atom. The Morgan fingerprint density at radius 1 is 1.20 bits per heavy atom. The Labute approximate surface area is 120 Å². The smallest absolute Gasteiger partial charge is 0.118 e. The van der Waals surface area contributed by atoms with Gasteiger partial charge in [-0.2, -0.15) is 0 Å². The van der Waals surface area contributed by atoms with Gasteiger partial charge < -0.3 is 10.2 Å². The molecule has 0 spiro atoms. The van der Waals surface area contributed by atoms with Gasteiger partial charge in [0.05, 0.1) is 6.10 Å². The second-order valence-electron chi connectivity index (χ2n) is 7.41. The lowest BCUT2D eigenvalue weighted by Crippen LogP contribution is -2.59. The summed E-state index contributed by atoms with van der Waals surface area (Å²) in [6, 6.07) is 0. The number of fused-ring (bicyclic) bond motifs is 5. The van der Waals surface area contributed by atoms with Crippen LogP contribution >= 0.6 is 0 Å². The van der Waals surface area contributed by atoms with E-state index in [0.29, 0.717) is 12.3 Å². The maximum atomic E-state index is 11.4. The first-order valence-electron chi connectivity index (χ1n) is 8.07. The summed E-state index contributed by atoms with van der Waals surface area (Å²) in [5, 5.41) is 22.2. The van der Waals surface area contributed by atoms with Gasteiger partial charge in [-0.1, -0.05) is 44.1 Å². The van der Waals surface area contributed by atoms with E-state index in [9.17, 15) is 10.2 Å². The van der Waals surface area contributed by atoms with Gasteiger partial charge in [0.15, 0.2) is 0 Å². The van der Waals surface area contributed by atoms with Crippen molar-refractivity contribution in [3.05, 3.63) is 35.5 Å². The van der Waals surface area contributed by atoms with Crippen molar-refractivity contribution < 1.29 is 10.2 Å². The average Bonchev–Trinajstić information content (AvgIpc) is 2.81. The highest BCUT2D eigenvalue weighted by Crippen LogP contribution is 2.58. The highest BCUT2D eigenvalue weighted by molar-refractivity contribution is 5.54. The van der Waals surface area contributed by atoms with E-state index in [1.807, 2.05) is 0 Å². The molecule has 2 nitrogen and oxygen atoms in total. The molecule has 0 saturated heterocycles. The molecule has 4 aliphatic rings. The second kappa shape index (κ2) is 4.08. The molecule has 2 fully saturated rings. The Kier molecular flexibility index (Phi) is 2.62. The van der Waals surface area contributed by atoms with Crippen LogP contribution in [0, 0.1) is 17.3 Å². The molecule has 0 aliphatic heterocycles. The molecule has 0 aromatic carbocycles. The van der Waals surface area contributed by atoms with Crippen LogP contribution in [0.3, 0.4) is 0 Å². The van der Waals surface area contributed by atoms with E-state index in [1.165, 1.54) is 24.8 Å². The Hall–Kier alpha value is -0.860. The fourth-order valence-electron chi connectivity index (χ4n) is 5.22. The highest BCUT2D eigenvalue weighted by Gasteiger charge is 2.58. The van der Waals surface area contributed by atoms with Crippen molar-refractivity contribution in [3.63, 3.8) is 0 Å². The van der Waals surface area contributed by atoms with Gasteiger partial charge in [0.2, 0.25) is 0 Å². The van der Waals surface area contributed by atoms with E-state index in [2.05, 4.69) is 31.2 Å². The molecular weight excluding hydrogens is 248 g/mol. The fourth-order valence-corrected chi connectivity index (χ4v) is 5.22. The molecule has 0 bridgehead atoms. The van der Waals surface area contributed by atoms with Crippen molar-refractivity contribution in [2.75, 3.05) is 0 Å². The maximum Gasteiger partial charge on any atom is 0.118 e. The molecule has 0 aromatic rings. The normalized spacial score (nSPS) is 49.9. The van der Waals surface area contributed by atoms with Crippen molar-refractivity contribution in [1.29, 1.82) is 0 Å². The number of hydrogen-bond donors (Lipinski definition) is 2. The first kappa shape index (κ1) is 12.8. The molecule has 0 amide bonds. The second-order valence-corrected chi connectivity index (χ2v) is 7.41. The molecule has 108 valence electrons. The SMILES string of the molecule is C[C@@]12C=CC=C1C1=CCC3CCCC[C@@H]3[C@@]1(O)[C@@H](O)C2. The highest BCUT2D eigenvalue weighted by atomic mass is 16.3. The van der Waals surface area contributed by atoms with Gasteiger partial charge in [-0.15, -0.1) is 0 Å². The van der Waals surface area contributed by atoms with Crippen LogP contribution in [0.2, 0.25) is 0 Å². The van der Waals surface area contributed by atoms with Gasteiger partial charge >= 0.3 is 0 Å². The Bertz CT molecular complexity index is 530. The summed E-state index contributed by atoms with van der Waals surface area (Å²) < 4.78 is 0. The predicted octanol–water partition coefficient (Wildman–Crippen LogP) is 3.12. The van der Waals surface area contributed by atoms with Crippen LogP contribution in [0.4, 0.5) is 0 Å². The average molecular weight is 272 g/mol. The molecule has 4 aliphatic carbocycles. The minimum atomic E-state index is -0.999. The van der Waals surface area contributed by atoms with Crippen LogP contribution in [0.25, 0.3) is 0 Å². The summed E-state index contributed by atoms with van der Waals surface area (Å²) in [4.78, 5) is 0. The molecule has 2 heteroatoms. The lowest BCUT2D eigenvalue weighted by Gasteiger charge is -2.55. The van der Waals surface area contributed by atoms with Crippen LogP contribution in [0.5, 0.6) is 0 Å². The first-order valence-corrected chi connectivity index (χ1v) is 8.07. The van der Waals surface area contributed by atoms with E-state index in [4.69, 9.17) is 0 Å². The van der Waals surface area contributed by atoms with Gasteiger partial charge in [-0.05, 0) is 48.7 Å². The summed E-state index contributed by atoms with van der Waals surface area (Å²) >= 11 is 0. The van der Waals surface area contributed by atoms with Crippen molar-refractivity contribution in [1.82, 2.24) is 0 Å². The predicted molar refractivity (Wildman–Crippen MR) is 79.1 cm³/mol. The van der Waals surface area contributed by atoms with E-state index >= 15 is 0 Å². The standard InChI is InChI=1S/C18H24O2/c1-17-10-4-7-14(17)15-9-8-12-5-2-3-6-13(12)18(15,20)16(19)11-17/h4,7,9-10,12-13,16,19-20H,2-3,5-6,8,11H2,1H3/t12?,13-,16-,17-,18-/m0/s1. The molecule has 4 rings (SSSR count). The third kappa shape index (κ3) is 1.47. The molecule has 1 unspecified atom stereocenters. The Balaban J connectivity index is 1.83. The molecule has 2 saturated carbocycles. The molecular formula is C18H24O2. The lowest BCUT2D eigenvalue weighted by molar-refractivity contribution is -0.132. The Morgan fingerprint density at radius 2 is 2.00 bits per heavy atom. The van der Waals surface area contributed by atoms with E-state index in [-0.39, 0.29) is 11.3 Å². The van der Waals surface area contributed by atoms with Crippen LogP contribution in [0.15, 0.2) is 35.5 Å². The number of aliphatic hydroxyl groups is 2. The van der Waals surface area contributed by atoms with E-state index in [1.54, 1.807) is 0 Å². The molecule has 20 heavy (non-hydrogen) atoms. The summed E-state index contributed by atoms with van der Waals surface area (Å²) in [7, 11) is 0. The summed E-state index contributed by atoms with van der Waals surface area (Å²) in [5.74, 6) is 0.809. The number of rotatable bonds is 0. The third-order valence-electron chi connectivity index (χ3n) is 6.29. The van der Waals surface area contributed by atoms with E-state index < -0.39 is 11.7 Å². The van der Waals surface area contributed by atoms with Crippen molar-refractivity contribution >= 4 is 0 Å². The third-order valence-corrected chi connectivity index (χ3v) is 6.29. The van der Waals surface area contributed by atoms with Crippen molar-refractivity contribution in [2.45, 2.75) is 57.2 Å². The fraction of sp³-hybridized carbons (Fsp3) is 0.667. The number of aliphatic hydroxyl groups excluding tert-OH is 1.